The van der Waals surface area contributed by atoms with E-state index in [9.17, 15) is 18.4 Å². The van der Waals surface area contributed by atoms with E-state index >= 15 is 0 Å². The van der Waals surface area contributed by atoms with Crippen LogP contribution in [0.3, 0.4) is 0 Å². The monoisotopic (exact) mass is 451 g/mol. The van der Waals surface area contributed by atoms with Crippen molar-refractivity contribution >= 4 is 11.8 Å². The maximum Gasteiger partial charge on any atom is 0.336 e. The van der Waals surface area contributed by atoms with Crippen LogP contribution in [0.4, 0.5) is 8.78 Å². The number of carbonyl (C=O) groups excluding carboxylic acids is 2. The molecular formula is C27H27F2NO3. The normalized spacial score (nSPS) is 21.7. The smallest absolute Gasteiger partial charge is 0.336 e. The number of nitrogens with one attached hydrogen (secondary N) is 1. The first kappa shape index (κ1) is 22.9. The van der Waals surface area contributed by atoms with Gasteiger partial charge in [0.25, 0.3) is 0 Å². The van der Waals surface area contributed by atoms with Crippen LogP contribution in [0.5, 0.6) is 0 Å². The fraction of sp³-hybridized carbons (Fsp3) is 0.333. The number of ketones is 1. The van der Waals surface area contributed by atoms with E-state index in [1.807, 2.05) is 50.3 Å². The van der Waals surface area contributed by atoms with Crippen molar-refractivity contribution in [3.05, 3.63) is 94.3 Å². The Kier molecular flexibility index (Phi) is 6.19. The van der Waals surface area contributed by atoms with Gasteiger partial charge in [-0.05, 0) is 35.6 Å². The number of esters is 1. The van der Waals surface area contributed by atoms with Crippen molar-refractivity contribution in [3.63, 3.8) is 0 Å². The highest BCUT2D eigenvalue weighted by atomic mass is 19.2. The second-order valence-electron chi connectivity index (χ2n) is 9.40. The molecule has 4 rings (SSSR count). The summed E-state index contributed by atoms with van der Waals surface area (Å²) >= 11 is 0. The van der Waals surface area contributed by atoms with E-state index in [4.69, 9.17) is 4.74 Å². The predicted octanol–water partition coefficient (Wildman–Crippen LogP) is 5.21. The van der Waals surface area contributed by atoms with Crippen LogP contribution in [0.1, 0.15) is 44.2 Å². The molecule has 0 saturated heterocycles. The summed E-state index contributed by atoms with van der Waals surface area (Å²) in [6.45, 7) is 5.84. The number of hydrogen-bond donors (Lipinski definition) is 1. The topological polar surface area (TPSA) is 55.4 Å². The molecule has 2 aliphatic rings. The zero-order chi connectivity index (χ0) is 23.8. The average Bonchev–Trinajstić information content (AvgIpc) is 2.74. The Labute approximate surface area is 192 Å². The van der Waals surface area contributed by atoms with Crippen LogP contribution in [0.2, 0.25) is 0 Å². The van der Waals surface area contributed by atoms with E-state index in [0.717, 1.165) is 17.7 Å². The lowest BCUT2D eigenvalue weighted by Gasteiger charge is -2.41. The molecule has 6 heteroatoms. The Morgan fingerprint density at radius 1 is 1.09 bits per heavy atom. The van der Waals surface area contributed by atoms with Gasteiger partial charge < -0.3 is 10.1 Å². The summed E-state index contributed by atoms with van der Waals surface area (Å²) in [7, 11) is 0. The average molecular weight is 452 g/mol. The molecule has 1 N–H and O–H groups in total. The molecule has 2 aromatic rings. The first-order chi connectivity index (χ1) is 15.7. The van der Waals surface area contributed by atoms with Crippen LogP contribution in [-0.4, -0.2) is 18.4 Å². The molecule has 0 aromatic heterocycles. The highest BCUT2D eigenvalue weighted by molar-refractivity contribution is 5.96. The molecule has 2 atom stereocenters. The molecule has 2 unspecified atom stereocenters. The van der Waals surface area contributed by atoms with Gasteiger partial charge in [0.15, 0.2) is 11.6 Å². The zero-order valence-corrected chi connectivity index (χ0v) is 19.0. The van der Waals surface area contributed by atoms with E-state index in [1.54, 1.807) is 6.92 Å². The molecule has 0 fully saturated rings. The fourth-order valence-electron chi connectivity index (χ4n) is 4.79. The fourth-order valence-corrected chi connectivity index (χ4v) is 4.79. The van der Waals surface area contributed by atoms with E-state index in [0.29, 0.717) is 29.8 Å². The predicted molar refractivity (Wildman–Crippen MR) is 121 cm³/mol. The first-order valence-electron chi connectivity index (χ1n) is 11.1. The number of allylic oxidation sites excluding steroid dienone is 3. The Morgan fingerprint density at radius 2 is 1.82 bits per heavy atom. The summed E-state index contributed by atoms with van der Waals surface area (Å²) in [5.41, 5.74) is 2.55. The molecular weight excluding hydrogens is 424 g/mol. The molecule has 1 heterocycles. The molecule has 0 saturated carbocycles. The van der Waals surface area contributed by atoms with Crippen molar-refractivity contribution in [2.24, 2.45) is 11.3 Å². The number of benzene rings is 2. The van der Waals surface area contributed by atoms with Crippen LogP contribution in [0.25, 0.3) is 0 Å². The Bertz CT molecular complexity index is 1150. The Morgan fingerprint density at radius 3 is 2.52 bits per heavy atom. The second kappa shape index (κ2) is 8.93. The highest BCUT2D eigenvalue weighted by Crippen LogP contribution is 2.47. The minimum Gasteiger partial charge on any atom is -0.462 e. The molecule has 0 bridgehead atoms. The maximum atomic E-state index is 14.2. The van der Waals surface area contributed by atoms with Crippen molar-refractivity contribution in [2.75, 3.05) is 6.61 Å². The standard InChI is InChI=1S/C27H27F2NO3/c1-16-23(26(32)33-12-11-17-7-5-4-6-8-17)24(18-9-10-19(28)20(29)13-18)25-21(30-16)14-27(2,3)15-22(25)31/h4-10,13-14,24-25,30H,11-12,15H2,1-3H3. The minimum atomic E-state index is -1.02. The maximum absolute atomic E-state index is 14.2. The summed E-state index contributed by atoms with van der Waals surface area (Å²) in [5, 5.41) is 3.22. The summed E-state index contributed by atoms with van der Waals surface area (Å²) in [6, 6.07) is 13.2. The van der Waals surface area contributed by atoms with Crippen LogP contribution in [-0.2, 0) is 20.7 Å². The molecule has 0 spiro atoms. The second-order valence-corrected chi connectivity index (χ2v) is 9.40. The van der Waals surface area contributed by atoms with Crippen LogP contribution in [0.15, 0.2) is 71.6 Å². The summed E-state index contributed by atoms with van der Waals surface area (Å²) < 4.78 is 33.4. The lowest BCUT2D eigenvalue weighted by Crippen LogP contribution is -2.43. The van der Waals surface area contributed by atoms with Crippen molar-refractivity contribution in [3.8, 4) is 0 Å². The molecule has 1 aliphatic carbocycles. The number of rotatable bonds is 5. The Balaban J connectivity index is 1.70. The lowest BCUT2D eigenvalue weighted by molar-refractivity contribution is -0.139. The third-order valence-corrected chi connectivity index (χ3v) is 6.23. The van der Waals surface area contributed by atoms with Gasteiger partial charge in [0.05, 0.1) is 18.1 Å². The third kappa shape index (κ3) is 4.75. The van der Waals surface area contributed by atoms with Gasteiger partial charge in [0, 0.05) is 30.2 Å². The SMILES string of the molecule is CC1=C(C(=O)OCCc2ccccc2)C(c2ccc(F)c(F)c2)C2C(=O)CC(C)(C)C=C2N1. The van der Waals surface area contributed by atoms with Gasteiger partial charge in [-0.2, -0.15) is 0 Å². The molecule has 1 aliphatic heterocycles. The van der Waals surface area contributed by atoms with Crippen molar-refractivity contribution in [1.29, 1.82) is 0 Å². The number of halogens is 2. The van der Waals surface area contributed by atoms with Crippen molar-refractivity contribution < 1.29 is 23.1 Å². The minimum absolute atomic E-state index is 0.0539. The van der Waals surface area contributed by atoms with Crippen LogP contribution < -0.4 is 5.32 Å². The summed E-state index contributed by atoms with van der Waals surface area (Å²) in [6.07, 6.45) is 2.83. The van der Waals surface area contributed by atoms with Crippen LogP contribution >= 0.6 is 0 Å². The summed E-state index contributed by atoms with van der Waals surface area (Å²) in [4.78, 5) is 26.5. The molecule has 4 nitrogen and oxygen atoms in total. The highest BCUT2D eigenvalue weighted by Gasteiger charge is 2.46. The van der Waals surface area contributed by atoms with Gasteiger partial charge in [-0.25, -0.2) is 13.6 Å². The molecule has 0 radical (unpaired) electrons. The number of fused-ring (bicyclic) bond motifs is 1. The van der Waals surface area contributed by atoms with Crippen molar-refractivity contribution in [2.45, 2.75) is 39.5 Å². The molecule has 33 heavy (non-hydrogen) atoms. The van der Waals surface area contributed by atoms with Gasteiger partial charge in [-0.1, -0.05) is 56.3 Å². The first-order valence-corrected chi connectivity index (χ1v) is 11.1. The van der Waals surface area contributed by atoms with Crippen molar-refractivity contribution in [1.82, 2.24) is 5.32 Å². The van der Waals surface area contributed by atoms with Gasteiger partial charge in [0.2, 0.25) is 0 Å². The molecule has 0 amide bonds. The van der Waals surface area contributed by atoms with Gasteiger partial charge in [-0.3, -0.25) is 4.79 Å². The van der Waals surface area contributed by atoms with Gasteiger partial charge in [-0.15, -0.1) is 0 Å². The quantitative estimate of drug-likeness (QED) is 0.634. The molecule has 172 valence electrons. The zero-order valence-electron chi connectivity index (χ0n) is 19.0. The number of ether oxygens (including phenoxy) is 1. The van der Waals surface area contributed by atoms with E-state index < -0.39 is 29.4 Å². The van der Waals surface area contributed by atoms with Gasteiger partial charge in [0.1, 0.15) is 5.78 Å². The van der Waals surface area contributed by atoms with E-state index in [1.165, 1.54) is 6.07 Å². The summed E-state index contributed by atoms with van der Waals surface area (Å²) in [5.74, 6) is -4.07. The third-order valence-electron chi connectivity index (χ3n) is 6.23. The lowest BCUT2D eigenvalue weighted by atomic mass is 9.66. The van der Waals surface area contributed by atoms with E-state index in [-0.39, 0.29) is 23.4 Å². The molecule has 2 aromatic carbocycles. The Hall–Kier alpha value is -3.28. The van der Waals surface area contributed by atoms with Gasteiger partial charge >= 0.3 is 5.97 Å². The largest absolute Gasteiger partial charge is 0.462 e. The number of Topliss-reactive ketones (excluding diaryl/α,β-unsaturated/α-hetero) is 1. The number of carbonyl (C=O) groups is 2. The van der Waals surface area contributed by atoms with Crippen LogP contribution in [0, 0.1) is 23.0 Å². The van der Waals surface area contributed by atoms with E-state index in [2.05, 4.69) is 5.32 Å². The number of hydrogen-bond acceptors (Lipinski definition) is 4.